The van der Waals surface area contributed by atoms with E-state index in [0.29, 0.717) is 9.50 Å². The van der Waals surface area contributed by atoms with Crippen molar-refractivity contribution in [1.29, 1.82) is 0 Å². The van der Waals surface area contributed by atoms with Crippen LogP contribution in [-0.4, -0.2) is 11.7 Å². The van der Waals surface area contributed by atoms with Crippen LogP contribution in [0.1, 0.15) is 0 Å². The monoisotopic (exact) mass is 373 g/mol. The number of halogens is 3. The minimum Gasteiger partial charge on any atom is -0.323 e. The average Bonchev–Trinajstić information content (AvgIpc) is 2.40. The molecular weight excluding hydrogens is 365 g/mol. The maximum Gasteiger partial charge on any atom is 0.234 e. The van der Waals surface area contributed by atoms with Gasteiger partial charge in [-0.2, -0.15) is 0 Å². The Morgan fingerprint density at radius 2 is 2.10 bits per heavy atom. The lowest BCUT2D eigenvalue weighted by Crippen LogP contribution is -2.14. The second-order valence-electron chi connectivity index (χ2n) is 3.92. The highest BCUT2D eigenvalue weighted by Gasteiger charge is 2.08. The van der Waals surface area contributed by atoms with Gasteiger partial charge in [0, 0.05) is 14.4 Å². The van der Waals surface area contributed by atoms with Crippen LogP contribution in [0.3, 0.4) is 0 Å². The molecule has 0 radical (unpaired) electrons. The van der Waals surface area contributed by atoms with Crippen molar-refractivity contribution in [2.24, 2.45) is 0 Å². The van der Waals surface area contributed by atoms with E-state index < -0.39 is 5.82 Å². The van der Waals surface area contributed by atoms with Crippen LogP contribution in [-0.2, 0) is 4.79 Å². The predicted octanol–water partition coefficient (Wildman–Crippen LogP) is 4.97. The van der Waals surface area contributed by atoms with Gasteiger partial charge in [0.25, 0.3) is 0 Å². The lowest BCUT2D eigenvalue weighted by molar-refractivity contribution is -0.113. The van der Waals surface area contributed by atoms with Crippen molar-refractivity contribution < 1.29 is 9.18 Å². The fraction of sp³-hybridized carbons (Fsp3) is 0.0714. The third-order valence-electron chi connectivity index (χ3n) is 2.37. The first kappa shape index (κ1) is 15.4. The Kier molecular flexibility index (Phi) is 5.46. The molecule has 0 saturated carbocycles. The number of thioether (sulfide) groups is 1. The number of benzene rings is 2. The fourth-order valence-electron chi connectivity index (χ4n) is 1.48. The normalized spacial score (nSPS) is 10.3. The summed E-state index contributed by atoms with van der Waals surface area (Å²) in [6.07, 6.45) is 0. The van der Waals surface area contributed by atoms with Gasteiger partial charge in [0.2, 0.25) is 5.91 Å². The summed E-state index contributed by atoms with van der Waals surface area (Å²) < 4.78 is 14.2. The number of amides is 1. The topological polar surface area (TPSA) is 29.1 Å². The highest BCUT2D eigenvalue weighted by Crippen LogP contribution is 2.23. The first-order chi connectivity index (χ1) is 9.54. The second kappa shape index (κ2) is 7.11. The molecule has 2 nitrogen and oxygen atoms in total. The van der Waals surface area contributed by atoms with Crippen LogP contribution in [0.2, 0.25) is 5.02 Å². The first-order valence-electron chi connectivity index (χ1n) is 5.68. The average molecular weight is 375 g/mol. The van der Waals surface area contributed by atoms with Crippen LogP contribution < -0.4 is 5.32 Å². The van der Waals surface area contributed by atoms with Crippen LogP contribution in [0.15, 0.2) is 51.8 Å². The van der Waals surface area contributed by atoms with E-state index in [-0.39, 0.29) is 17.3 Å². The Balaban J connectivity index is 1.92. The Bertz CT molecular complexity index is 638. The summed E-state index contributed by atoms with van der Waals surface area (Å²) in [5.74, 6) is -0.549. The van der Waals surface area contributed by atoms with E-state index >= 15 is 0 Å². The SMILES string of the molecule is O=C(CSc1cccc(Cl)c1)Nc1ccc(Br)cc1F. The minimum atomic E-state index is -0.472. The zero-order valence-electron chi connectivity index (χ0n) is 10.2. The zero-order valence-corrected chi connectivity index (χ0v) is 13.4. The molecule has 0 atom stereocenters. The molecule has 104 valence electrons. The Morgan fingerprint density at radius 1 is 1.30 bits per heavy atom. The number of carbonyl (C=O) groups excluding carboxylic acids is 1. The summed E-state index contributed by atoms with van der Waals surface area (Å²) >= 11 is 10.4. The highest BCUT2D eigenvalue weighted by molar-refractivity contribution is 9.10. The molecule has 0 unspecified atom stereocenters. The number of hydrogen-bond donors (Lipinski definition) is 1. The molecule has 0 aliphatic heterocycles. The van der Waals surface area contributed by atoms with E-state index in [9.17, 15) is 9.18 Å². The first-order valence-corrected chi connectivity index (χ1v) is 7.83. The molecular formula is C14H10BrClFNOS. The van der Waals surface area contributed by atoms with Crippen molar-refractivity contribution in [3.63, 3.8) is 0 Å². The van der Waals surface area contributed by atoms with Crippen molar-refractivity contribution in [3.05, 3.63) is 57.8 Å². The van der Waals surface area contributed by atoms with Crippen LogP contribution in [0, 0.1) is 5.82 Å². The largest absolute Gasteiger partial charge is 0.323 e. The molecule has 0 heterocycles. The molecule has 0 bridgehead atoms. The van der Waals surface area contributed by atoms with E-state index in [4.69, 9.17) is 11.6 Å². The van der Waals surface area contributed by atoms with Gasteiger partial charge in [0.15, 0.2) is 0 Å². The molecule has 1 N–H and O–H groups in total. The summed E-state index contributed by atoms with van der Waals surface area (Å²) in [5, 5.41) is 3.15. The molecule has 2 aromatic carbocycles. The molecule has 0 aromatic heterocycles. The van der Waals surface area contributed by atoms with E-state index in [0.717, 1.165) is 4.90 Å². The fourth-order valence-corrected chi connectivity index (χ4v) is 2.83. The van der Waals surface area contributed by atoms with E-state index in [1.807, 2.05) is 12.1 Å². The Labute approximate surface area is 133 Å². The summed E-state index contributed by atoms with van der Waals surface area (Å²) in [5.41, 5.74) is 0.171. The number of rotatable bonds is 4. The van der Waals surface area contributed by atoms with Gasteiger partial charge < -0.3 is 5.32 Å². The van der Waals surface area contributed by atoms with E-state index in [1.165, 1.54) is 23.9 Å². The minimum absolute atomic E-state index is 0.171. The predicted molar refractivity (Wildman–Crippen MR) is 84.9 cm³/mol. The number of hydrogen-bond acceptors (Lipinski definition) is 2. The third-order valence-corrected chi connectivity index (χ3v) is 4.09. The van der Waals surface area contributed by atoms with Gasteiger partial charge in [-0.1, -0.05) is 33.6 Å². The maximum atomic E-state index is 13.6. The lowest BCUT2D eigenvalue weighted by atomic mass is 10.3. The van der Waals surface area contributed by atoms with Crippen molar-refractivity contribution in [2.75, 3.05) is 11.1 Å². The van der Waals surface area contributed by atoms with Gasteiger partial charge >= 0.3 is 0 Å². The van der Waals surface area contributed by atoms with Crippen molar-refractivity contribution in [3.8, 4) is 0 Å². The molecule has 0 aliphatic carbocycles. The molecule has 2 aromatic rings. The maximum absolute atomic E-state index is 13.6. The molecule has 0 aliphatic rings. The van der Waals surface area contributed by atoms with Gasteiger partial charge in [-0.15, -0.1) is 11.8 Å². The smallest absolute Gasteiger partial charge is 0.234 e. The molecule has 6 heteroatoms. The highest BCUT2D eigenvalue weighted by atomic mass is 79.9. The van der Waals surface area contributed by atoms with Crippen LogP contribution in [0.25, 0.3) is 0 Å². The summed E-state index contributed by atoms with van der Waals surface area (Å²) in [6, 6.07) is 11.7. The molecule has 0 spiro atoms. The van der Waals surface area contributed by atoms with E-state index in [1.54, 1.807) is 18.2 Å². The number of carbonyl (C=O) groups is 1. The summed E-state index contributed by atoms with van der Waals surface area (Å²) in [6.45, 7) is 0. The number of anilines is 1. The quantitative estimate of drug-likeness (QED) is 0.765. The summed E-state index contributed by atoms with van der Waals surface area (Å²) in [7, 11) is 0. The van der Waals surface area contributed by atoms with Gasteiger partial charge in [-0.3, -0.25) is 4.79 Å². The molecule has 0 fully saturated rings. The lowest BCUT2D eigenvalue weighted by Gasteiger charge is -2.06. The Morgan fingerprint density at radius 3 is 2.80 bits per heavy atom. The number of nitrogens with one attached hydrogen (secondary N) is 1. The molecule has 0 saturated heterocycles. The van der Waals surface area contributed by atoms with Crippen molar-refractivity contribution in [2.45, 2.75) is 4.90 Å². The van der Waals surface area contributed by atoms with Gasteiger partial charge in [-0.05, 0) is 36.4 Å². The van der Waals surface area contributed by atoms with Crippen LogP contribution in [0.5, 0.6) is 0 Å². The molecule has 2 rings (SSSR count). The standard InChI is InChI=1S/C14H10BrClFNOS/c15-9-4-5-13(12(17)6-9)18-14(19)8-20-11-3-1-2-10(16)7-11/h1-7H,8H2,(H,18,19). The second-order valence-corrected chi connectivity index (χ2v) is 6.32. The van der Waals surface area contributed by atoms with Gasteiger partial charge in [0.1, 0.15) is 5.82 Å². The van der Waals surface area contributed by atoms with Crippen LogP contribution in [0.4, 0.5) is 10.1 Å². The van der Waals surface area contributed by atoms with E-state index in [2.05, 4.69) is 21.2 Å². The molecule has 1 amide bonds. The van der Waals surface area contributed by atoms with Crippen LogP contribution >= 0.6 is 39.3 Å². The third kappa shape index (κ3) is 4.51. The summed E-state index contributed by atoms with van der Waals surface area (Å²) in [4.78, 5) is 12.7. The molecule has 20 heavy (non-hydrogen) atoms. The van der Waals surface area contributed by atoms with Gasteiger partial charge in [0.05, 0.1) is 11.4 Å². The van der Waals surface area contributed by atoms with Gasteiger partial charge in [-0.25, -0.2) is 4.39 Å². The van der Waals surface area contributed by atoms with Crippen molar-refractivity contribution >= 4 is 50.9 Å². The Hall–Kier alpha value is -1.04. The zero-order chi connectivity index (χ0) is 14.5. The van der Waals surface area contributed by atoms with Crippen molar-refractivity contribution in [1.82, 2.24) is 0 Å².